The number of aromatic nitrogens is 1. The number of ether oxygens (including phenoxy) is 1. The van der Waals surface area contributed by atoms with E-state index in [2.05, 4.69) is 31.4 Å². The number of furan rings is 1. The van der Waals surface area contributed by atoms with Crippen LogP contribution in [0, 0.1) is 0 Å². The SMILES string of the molecule is O=C(/C=C\c1ccco1)Oc1ccc(/C=N\NC(=O)c2cncc(Br)c2)cc1. The molecule has 7 nitrogen and oxygen atoms in total. The molecule has 3 aromatic rings. The number of nitrogens with zero attached hydrogens (tertiary/aromatic N) is 2. The molecule has 1 amide bonds. The molecule has 1 N–H and O–H groups in total. The number of hydrazone groups is 1. The van der Waals surface area contributed by atoms with Crippen LogP contribution in [0.3, 0.4) is 0 Å². The minimum absolute atomic E-state index is 0.376. The lowest BCUT2D eigenvalue weighted by Gasteiger charge is -2.02. The third-order valence-corrected chi connectivity index (χ3v) is 3.81. The molecule has 0 radical (unpaired) electrons. The Morgan fingerprint density at radius 1 is 1.18 bits per heavy atom. The monoisotopic (exact) mass is 439 g/mol. The van der Waals surface area contributed by atoms with Crippen molar-refractivity contribution in [2.75, 3.05) is 0 Å². The number of hydrogen-bond donors (Lipinski definition) is 1. The van der Waals surface area contributed by atoms with Gasteiger partial charge < -0.3 is 9.15 Å². The van der Waals surface area contributed by atoms with E-state index in [1.807, 2.05) is 0 Å². The second-order valence-corrected chi connectivity index (χ2v) is 6.35. The number of esters is 1. The Bertz CT molecular complexity index is 1010. The van der Waals surface area contributed by atoms with Gasteiger partial charge in [0.2, 0.25) is 0 Å². The van der Waals surface area contributed by atoms with Crippen LogP contribution in [0.4, 0.5) is 0 Å². The largest absolute Gasteiger partial charge is 0.465 e. The third-order valence-electron chi connectivity index (χ3n) is 3.37. The fourth-order valence-electron chi connectivity index (χ4n) is 2.07. The molecule has 1 aromatic carbocycles. The summed E-state index contributed by atoms with van der Waals surface area (Å²) in [6.07, 6.45) is 8.82. The number of benzene rings is 1. The van der Waals surface area contributed by atoms with Gasteiger partial charge >= 0.3 is 5.97 Å². The molecule has 2 aromatic heterocycles. The van der Waals surface area contributed by atoms with Crippen LogP contribution >= 0.6 is 15.9 Å². The molecule has 0 fully saturated rings. The second kappa shape index (κ2) is 9.43. The van der Waals surface area contributed by atoms with Crippen molar-refractivity contribution in [1.82, 2.24) is 10.4 Å². The fraction of sp³-hybridized carbons (Fsp3) is 0. The summed E-state index contributed by atoms with van der Waals surface area (Å²) < 4.78 is 11.0. The summed E-state index contributed by atoms with van der Waals surface area (Å²) >= 11 is 3.25. The highest BCUT2D eigenvalue weighted by Crippen LogP contribution is 2.12. The highest BCUT2D eigenvalue weighted by Gasteiger charge is 2.05. The lowest BCUT2D eigenvalue weighted by Crippen LogP contribution is -2.17. The Hall–Kier alpha value is -3.52. The van der Waals surface area contributed by atoms with Gasteiger partial charge in [-0.2, -0.15) is 5.10 Å². The average molecular weight is 440 g/mol. The first kappa shape index (κ1) is 19.2. The predicted molar refractivity (Wildman–Crippen MR) is 107 cm³/mol. The summed E-state index contributed by atoms with van der Waals surface area (Å²) in [5.74, 6) is 0.0475. The third kappa shape index (κ3) is 5.75. The molecule has 140 valence electrons. The van der Waals surface area contributed by atoms with E-state index in [0.29, 0.717) is 21.5 Å². The first-order chi connectivity index (χ1) is 13.6. The zero-order chi connectivity index (χ0) is 19.8. The van der Waals surface area contributed by atoms with Gasteiger partial charge in [0.1, 0.15) is 11.5 Å². The molecule has 8 heteroatoms. The van der Waals surface area contributed by atoms with Crippen LogP contribution in [0.2, 0.25) is 0 Å². The molecular weight excluding hydrogens is 426 g/mol. The van der Waals surface area contributed by atoms with E-state index in [4.69, 9.17) is 9.15 Å². The van der Waals surface area contributed by atoms with Crippen molar-refractivity contribution in [3.8, 4) is 5.75 Å². The highest BCUT2D eigenvalue weighted by molar-refractivity contribution is 9.10. The molecule has 0 bridgehead atoms. The van der Waals surface area contributed by atoms with Gasteiger partial charge in [0.25, 0.3) is 5.91 Å². The van der Waals surface area contributed by atoms with Crippen molar-refractivity contribution >= 4 is 40.1 Å². The quantitative estimate of drug-likeness (QED) is 0.207. The lowest BCUT2D eigenvalue weighted by molar-refractivity contribution is -0.128. The molecule has 0 saturated carbocycles. The minimum Gasteiger partial charge on any atom is -0.465 e. The summed E-state index contributed by atoms with van der Waals surface area (Å²) in [4.78, 5) is 27.6. The zero-order valence-electron chi connectivity index (χ0n) is 14.4. The van der Waals surface area contributed by atoms with Crippen LogP contribution in [0.1, 0.15) is 21.7 Å². The zero-order valence-corrected chi connectivity index (χ0v) is 16.0. The molecule has 0 atom stereocenters. The van der Waals surface area contributed by atoms with Crippen molar-refractivity contribution in [2.45, 2.75) is 0 Å². The summed E-state index contributed by atoms with van der Waals surface area (Å²) in [5, 5.41) is 3.90. The maximum absolute atomic E-state index is 12.0. The Morgan fingerprint density at radius 3 is 2.71 bits per heavy atom. The number of carbonyl (C=O) groups excluding carboxylic acids is 2. The first-order valence-electron chi connectivity index (χ1n) is 8.07. The first-order valence-corrected chi connectivity index (χ1v) is 8.87. The van der Waals surface area contributed by atoms with Gasteiger partial charge in [0.15, 0.2) is 0 Å². The molecule has 0 saturated heterocycles. The Balaban J connectivity index is 1.51. The number of nitrogens with one attached hydrogen (secondary N) is 1. The van der Waals surface area contributed by atoms with Crippen LogP contribution in [-0.2, 0) is 4.79 Å². The highest BCUT2D eigenvalue weighted by atomic mass is 79.9. The summed E-state index contributed by atoms with van der Waals surface area (Å²) in [6, 6.07) is 11.7. The van der Waals surface area contributed by atoms with E-state index in [0.717, 1.165) is 5.56 Å². The van der Waals surface area contributed by atoms with Crippen LogP contribution in [-0.4, -0.2) is 23.1 Å². The Kier molecular flexibility index (Phi) is 6.48. The molecule has 0 aliphatic rings. The number of pyridine rings is 1. The maximum Gasteiger partial charge on any atom is 0.336 e. The average Bonchev–Trinajstić information content (AvgIpc) is 3.21. The van der Waals surface area contributed by atoms with Gasteiger partial charge in [0, 0.05) is 22.9 Å². The normalized spacial score (nSPS) is 11.0. The number of carbonyl (C=O) groups is 2. The van der Waals surface area contributed by atoms with Crippen molar-refractivity contribution in [3.63, 3.8) is 0 Å². The number of amides is 1. The molecule has 0 unspecified atom stereocenters. The number of hydrogen-bond acceptors (Lipinski definition) is 6. The molecule has 0 aliphatic heterocycles. The molecule has 0 aliphatic carbocycles. The standard InChI is InChI=1S/C20H14BrN3O4/c21-16-10-15(12-22-13-16)20(26)24-23-11-14-3-5-18(6-4-14)28-19(25)8-7-17-2-1-9-27-17/h1-13H,(H,24,26)/b8-7-,23-11-. The summed E-state index contributed by atoms with van der Waals surface area (Å²) in [5.41, 5.74) is 3.52. The van der Waals surface area contributed by atoms with Crippen molar-refractivity contribution in [2.24, 2.45) is 5.10 Å². The van der Waals surface area contributed by atoms with E-state index >= 15 is 0 Å². The van der Waals surface area contributed by atoms with E-state index in [1.54, 1.807) is 48.7 Å². The summed E-state index contributed by atoms with van der Waals surface area (Å²) in [7, 11) is 0. The van der Waals surface area contributed by atoms with Gasteiger partial charge in [-0.3, -0.25) is 9.78 Å². The van der Waals surface area contributed by atoms with Crippen molar-refractivity contribution in [1.29, 1.82) is 0 Å². The van der Waals surface area contributed by atoms with Crippen molar-refractivity contribution < 1.29 is 18.7 Å². The van der Waals surface area contributed by atoms with Gasteiger partial charge in [-0.25, -0.2) is 10.2 Å². The van der Waals surface area contributed by atoms with E-state index in [-0.39, 0.29) is 5.91 Å². The van der Waals surface area contributed by atoms with Crippen molar-refractivity contribution in [3.05, 3.63) is 88.6 Å². The summed E-state index contributed by atoms with van der Waals surface area (Å²) in [6.45, 7) is 0. The second-order valence-electron chi connectivity index (χ2n) is 5.43. The molecule has 0 spiro atoms. The van der Waals surface area contributed by atoms with Gasteiger partial charge in [-0.1, -0.05) is 0 Å². The van der Waals surface area contributed by atoms with Gasteiger partial charge in [-0.05, 0) is 70.0 Å². The number of rotatable bonds is 6. The van der Waals surface area contributed by atoms with Crippen LogP contribution in [0.15, 0.2) is 81.2 Å². The predicted octanol–water partition coefficient (Wildman–Crippen LogP) is 3.82. The lowest BCUT2D eigenvalue weighted by atomic mass is 10.2. The van der Waals surface area contributed by atoms with Crippen LogP contribution in [0.25, 0.3) is 6.08 Å². The van der Waals surface area contributed by atoms with Crippen LogP contribution in [0.5, 0.6) is 5.75 Å². The van der Waals surface area contributed by atoms with Gasteiger partial charge in [-0.15, -0.1) is 0 Å². The van der Waals surface area contributed by atoms with E-state index < -0.39 is 5.97 Å². The molecule has 3 rings (SSSR count). The molecular formula is C20H14BrN3O4. The van der Waals surface area contributed by atoms with Gasteiger partial charge in [0.05, 0.1) is 18.0 Å². The fourth-order valence-corrected chi connectivity index (χ4v) is 2.44. The Labute approximate surface area is 168 Å². The van der Waals surface area contributed by atoms with E-state index in [1.165, 1.54) is 30.8 Å². The van der Waals surface area contributed by atoms with E-state index in [9.17, 15) is 9.59 Å². The smallest absolute Gasteiger partial charge is 0.336 e. The molecule has 28 heavy (non-hydrogen) atoms. The molecule has 2 heterocycles. The topological polar surface area (TPSA) is 93.8 Å². The Morgan fingerprint density at radius 2 is 2.00 bits per heavy atom. The maximum atomic E-state index is 12.0. The minimum atomic E-state index is -0.521. The van der Waals surface area contributed by atoms with Crippen LogP contribution < -0.4 is 10.2 Å². The number of halogens is 1.